The smallest absolute Gasteiger partial charge is 0.260 e. The molecule has 0 atom stereocenters. The lowest BCUT2D eigenvalue weighted by atomic mass is 10.1. The summed E-state index contributed by atoms with van der Waals surface area (Å²) in [5.74, 6) is -0.228. The fourth-order valence-corrected chi connectivity index (χ4v) is 1.53. The number of amides is 1. The van der Waals surface area contributed by atoms with E-state index in [4.69, 9.17) is 5.73 Å². The number of hydrogen-bond acceptors (Lipinski definition) is 4. The van der Waals surface area contributed by atoms with Crippen molar-refractivity contribution < 1.29 is 9.90 Å². The maximum Gasteiger partial charge on any atom is 0.260 e. The highest BCUT2D eigenvalue weighted by molar-refractivity contribution is 6.07. The van der Waals surface area contributed by atoms with Gasteiger partial charge < -0.3 is 16.2 Å². The number of phenolic OH excluding ortho intramolecular Hbond substituents is 1. The molecule has 2 rings (SSSR count). The second-order valence-corrected chi connectivity index (χ2v) is 4.02. The van der Waals surface area contributed by atoms with Gasteiger partial charge in [0.15, 0.2) is 11.6 Å². The number of nitrogens with zero attached hydrogens (tertiary/aromatic N) is 1. The summed E-state index contributed by atoms with van der Waals surface area (Å²) in [5.41, 5.74) is 7.55. The van der Waals surface area contributed by atoms with E-state index >= 15 is 0 Å². The number of para-hydroxylation sites is 1. The number of hydrogen-bond donors (Lipinski definition) is 4. The summed E-state index contributed by atoms with van der Waals surface area (Å²) < 4.78 is 0. The second kappa shape index (κ2) is 4.40. The van der Waals surface area contributed by atoms with E-state index in [0.29, 0.717) is 5.82 Å². The first-order valence-electron chi connectivity index (χ1n) is 5.41. The fraction of sp³-hybridized carbons (Fsp3) is 0.167. The number of benzene rings is 1. The van der Waals surface area contributed by atoms with Gasteiger partial charge in [0.25, 0.3) is 5.91 Å². The number of nitrogens with two attached hydrogens (primary N) is 1. The number of anilines is 2. The largest absolute Gasteiger partial charge is 0.505 e. The van der Waals surface area contributed by atoms with Crippen molar-refractivity contribution in [3.8, 4) is 5.75 Å². The van der Waals surface area contributed by atoms with Gasteiger partial charge in [-0.05, 0) is 26.0 Å². The quantitative estimate of drug-likeness (QED) is 0.477. The molecular weight excluding hydrogens is 232 g/mol. The third kappa shape index (κ3) is 2.00. The topological polar surface area (TPSA) is 104 Å². The van der Waals surface area contributed by atoms with Crippen LogP contribution >= 0.6 is 0 Å². The lowest BCUT2D eigenvalue weighted by Crippen LogP contribution is -2.13. The summed E-state index contributed by atoms with van der Waals surface area (Å²) in [7, 11) is 0. The Bertz CT molecular complexity index is 604. The van der Waals surface area contributed by atoms with Crippen molar-refractivity contribution in [3.63, 3.8) is 0 Å². The van der Waals surface area contributed by atoms with Gasteiger partial charge in [-0.3, -0.25) is 9.89 Å². The molecule has 0 saturated carbocycles. The number of nitrogen functional groups attached to an aromatic ring is 1. The van der Waals surface area contributed by atoms with Crippen LogP contribution in [0.15, 0.2) is 18.2 Å². The first-order valence-corrected chi connectivity index (χ1v) is 5.41. The zero-order chi connectivity index (χ0) is 13.3. The standard InChI is InChI=1S/C12H14N4O2/c1-6-7(2)15-16-11(6)14-12(18)8-4-3-5-9(13)10(8)17/h3-5,17H,13H2,1-2H3,(H2,14,15,16,18). The number of aryl methyl sites for hydroxylation is 1. The maximum atomic E-state index is 12.0. The van der Waals surface area contributed by atoms with E-state index < -0.39 is 5.91 Å². The third-order valence-electron chi connectivity index (χ3n) is 2.80. The van der Waals surface area contributed by atoms with Crippen LogP contribution in [0.1, 0.15) is 21.6 Å². The number of nitrogens with one attached hydrogen (secondary N) is 2. The molecular formula is C12H14N4O2. The molecule has 0 aliphatic rings. The summed E-state index contributed by atoms with van der Waals surface area (Å²) in [6, 6.07) is 4.62. The lowest BCUT2D eigenvalue weighted by molar-refractivity contribution is 0.102. The van der Waals surface area contributed by atoms with Crippen molar-refractivity contribution >= 4 is 17.4 Å². The Morgan fingerprint density at radius 1 is 1.44 bits per heavy atom. The van der Waals surface area contributed by atoms with Crippen molar-refractivity contribution in [3.05, 3.63) is 35.0 Å². The minimum absolute atomic E-state index is 0.120. The van der Waals surface area contributed by atoms with E-state index in [1.165, 1.54) is 12.1 Å². The van der Waals surface area contributed by atoms with E-state index in [0.717, 1.165) is 11.3 Å². The SMILES string of the molecule is Cc1[nH]nc(NC(=O)c2cccc(N)c2O)c1C. The first-order chi connectivity index (χ1) is 8.50. The predicted octanol–water partition coefficient (Wildman–Crippen LogP) is 1.57. The van der Waals surface area contributed by atoms with Crippen LogP contribution in [0, 0.1) is 13.8 Å². The van der Waals surface area contributed by atoms with Crippen LogP contribution in [-0.4, -0.2) is 21.2 Å². The second-order valence-electron chi connectivity index (χ2n) is 4.02. The number of carbonyl (C=O) groups is 1. The maximum absolute atomic E-state index is 12.0. The Morgan fingerprint density at radius 3 is 2.78 bits per heavy atom. The molecule has 18 heavy (non-hydrogen) atoms. The molecule has 0 unspecified atom stereocenters. The van der Waals surface area contributed by atoms with Gasteiger partial charge in [0, 0.05) is 11.3 Å². The zero-order valence-corrected chi connectivity index (χ0v) is 10.1. The minimum Gasteiger partial charge on any atom is -0.505 e. The Morgan fingerprint density at radius 2 is 2.17 bits per heavy atom. The monoisotopic (exact) mass is 246 g/mol. The van der Waals surface area contributed by atoms with Crippen LogP contribution in [0.2, 0.25) is 0 Å². The third-order valence-corrected chi connectivity index (χ3v) is 2.80. The molecule has 1 aromatic heterocycles. The molecule has 0 fully saturated rings. The van der Waals surface area contributed by atoms with Gasteiger partial charge in [-0.1, -0.05) is 6.07 Å². The molecule has 1 heterocycles. The summed E-state index contributed by atoms with van der Waals surface area (Å²) in [5, 5.41) is 19.1. The van der Waals surface area contributed by atoms with E-state index in [9.17, 15) is 9.90 Å². The molecule has 0 aliphatic carbocycles. The molecule has 0 saturated heterocycles. The van der Waals surface area contributed by atoms with Gasteiger partial charge in [-0.2, -0.15) is 5.10 Å². The van der Waals surface area contributed by atoms with Crippen LogP contribution < -0.4 is 11.1 Å². The van der Waals surface area contributed by atoms with Crippen molar-refractivity contribution in [1.82, 2.24) is 10.2 Å². The molecule has 1 aromatic carbocycles. The Labute approximate surface area is 104 Å². The lowest BCUT2D eigenvalue weighted by Gasteiger charge is -2.06. The van der Waals surface area contributed by atoms with Crippen LogP contribution in [0.5, 0.6) is 5.75 Å². The van der Waals surface area contributed by atoms with Crippen LogP contribution in [0.25, 0.3) is 0 Å². The average molecular weight is 246 g/mol. The van der Waals surface area contributed by atoms with Gasteiger partial charge in [-0.15, -0.1) is 0 Å². The van der Waals surface area contributed by atoms with Crippen molar-refractivity contribution in [2.24, 2.45) is 0 Å². The first kappa shape index (κ1) is 12.0. The zero-order valence-electron chi connectivity index (χ0n) is 10.1. The summed E-state index contributed by atoms with van der Waals surface area (Å²) in [4.78, 5) is 12.0. The summed E-state index contributed by atoms with van der Waals surface area (Å²) in [6.07, 6.45) is 0. The van der Waals surface area contributed by atoms with Crippen molar-refractivity contribution in [2.75, 3.05) is 11.1 Å². The number of rotatable bonds is 2. The molecule has 0 aliphatic heterocycles. The Balaban J connectivity index is 2.28. The number of aromatic hydroxyl groups is 1. The Kier molecular flexibility index (Phi) is 2.93. The summed E-state index contributed by atoms with van der Waals surface area (Å²) >= 11 is 0. The van der Waals surface area contributed by atoms with Crippen LogP contribution in [0.4, 0.5) is 11.5 Å². The number of aromatic amines is 1. The van der Waals surface area contributed by atoms with Gasteiger partial charge in [-0.25, -0.2) is 0 Å². The van der Waals surface area contributed by atoms with E-state index in [2.05, 4.69) is 15.5 Å². The molecule has 1 amide bonds. The molecule has 0 spiro atoms. The van der Waals surface area contributed by atoms with Crippen LogP contribution in [0.3, 0.4) is 0 Å². The molecule has 94 valence electrons. The van der Waals surface area contributed by atoms with Gasteiger partial charge >= 0.3 is 0 Å². The molecule has 6 heteroatoms. The summed E-state index contributed by atoms with van der Waals surface area (Å²) in [6.45, 7) is 3.70. The average Bonchev–Trinajstić information content (AvgIpc) is 2.64. The van der Waals surface area contributed by atoms with Gasteiger partial charge in [0.1, 0.15) is 0 Å². The molecule has 0 radical (unpaired) electrons. The molecule has 6 nitrogen and oxygen atoms in total. The fourth-order valence-electron chi connectivity index (χ4n) is 1.53. The number of carbonyl (C=O) groups excluding carboxylic acids is 1. The molecule has 2 aromatic rings. The van der Waals surface area contributed by atoms with E-state index in [1.807, 2.05) is 13.8 Å². The number of aromatic nitrogens is 2. The highest BCUT2D eigenvalue weighted by Crippen LogP contribution is 2.25. The highest BCUT2D eigenvalue weighted by atomic mass is 16.3. The highest BCUT2D eigenvalue weighted by Gasteiger charge is 2.15. The molecule has 0 bridgehead atoms. The Hall–Kier alpha value is -2.50. The van der Waals surface area contributed by atoms with Gasteiger partial charge in [0.05, 0.1) is 11.3 Å². The number of H-pyrrole nitrogens is 1. The van der Waals surface area contributed by atoms with Gasteiger partial charge in [0.2, 0.25) is 0 Å². The van der Waals surface area contributed by atoms with Crippen molar-refractivity contribution in [2.45, 2.75) is 13.8 Å². The predicted molar refractivity (Wildman–Crippen MR) is 68.5 cm³/mol. The van der Waals surface area contributed by atoms with E-state index in [-0.39, 0.29) is 17.0 Å². The number of phenols is 1. The van der Waals surface area contributed by atoms with E-state index in [1.54, 1.807) is 6.07 Å². The van der Waals surface area contributed by atoms with Crippen molar-refractivity contribution in [1.29, 1.82) is 0 Å². The minimum atomic E-state index is -0.450. The van der Waals surface area contributed by atoms with Crippen LogP contribution in [-0.2, 0) is 0 Å². The molecule has 5 N–H and O–H groups in total. The normalized spacial score (nSPS) is 10.3.